The van der Waals surface area contributed by atoms with E-state index in [9.17, 15) is 4.79 Å². The van der Waals surface area contributed by atoms with E-state index in [-0.39, 0.29) is 5.91 Å². The smallest absolute Gasteiger partial charge is 0.264 e. The Bertz CT molecular complexity index is 742. The monoisotopic (exact) mass is 314 g/mol. The maximum Gasteiger partial charge on any atom is 0.264 e. The summed E-state index contributed by atoms with van der Waals surface area (Å²) in [5.74, 6) is -0.0862. The Hall–Kier alpha value is -1.85. The van der Waals surface area contributed by atoms with E-state index < -0.39 is 0 Å². The Labute approximate surface area is 131 Å². The Morgan fingerprint density at radius 1 is 1.10 bits per heavy atom. The minimum absolute atomic E-state index is 0.0862. The van der Waals surface area contributed by atoms with Gasteiger partial charge in [-0.05, 0) is 56.0 Å². The standard InChI is InChI=1S/C16H14N2OS2/c1-10-3-6-12(7-4-10)17-16-18-15(19)14(21-16)9-13-8-5-11(2)20-13/h3-9H,1-2H3,(H,17,18,19). The first-order valence-corrected chi connectivity index (χ1v) is 8.16. The Balaban J connectivity index is 1.81. The van der Waals surface area contributed by atoms with Gasteiger partial charge < -0.3 is 5.32 Å². The summed E-state index contributed by atoms with van der Waals surface area (Å²) in [5.41, 5.74) is 2.03. The molecule has 0 radical (unpaired) electrons. The van der Waals surface area contributed by atoms with E-state index in [2.05, 4.69) is 23.3 Å². The minimum Gasteiger partial charge on any atom is -0.300 e. The van der Waals surface area contributed by atoms with Crippen molar-refractivity contribution in [2.45, 2.75) is 13.8 Å². The maximum atomic E-state index is 12.0. The molecule has 1 aromatic carbocycles. The van der Waals surface area contributed by atoms with Crippen molar-refractivity contribution in [1.29, 1.82) is 0 Å². The van der Waals surface area contributed by atoms with E-state index in [0.29, 0.717) is 10.1 Å². The molecule has 1 saturated heterocycles. The van der Waals surface area contributed by atoms with Gasteiger partial charge in [-0.2, -0.15) is 0 Å². The van der Waals surface area contributed by atoms with Crippen LogP contribution in [0.1, 0.15) is 15.3 Å². The van der Waals surface area contributed by atoms with E-state index in [1.165, 1.54) is 22.2 Å². The van der Waals surface area contributed by atoms with E-state index in [1.807, 2.05) is 43.3 Å². The number of hydrogen-bond donors (Lipinski definition) is 1. The highest BCUT2D eigenvalue weighted by Gasteiger charge is 2.23. The average molecular weight is 314 g/mol. The fourth-order valence-electron chi connectivity index (χ4n) is 1.88. The maximum absolute atomic E-state index is 12.0. The van der Waals surface area contributed by atoms with Gasteiger partial charge >= 0.3 is 0 Å². The van der Waals surface area contributed by atoms with Crippen LogP contribution in [0.3, 0.4) is 0 Å². The zero-order valence-electron chi connectivity index (χ0n) is 11.7. The number of aliphatic imine (C=N–C) groups is 1. The van der Waals surface area contributed by atoms with Crippen molar-refractivity contribution in [3.8, 4) is 0 Å². The van der Waals surface area contributed by atoms with Crippen LogP contribution in [0.4, 0.5) is 5.69 Å². The van der Waals surface area contributed by atoms with Crippen LogP contribution in [0.15, 0.2) is 46.3 Å². The molecular formula is C16H14N2OS2. The third kappa shape index (κ3) is 3.43. The number of thiophene rings is 1. The molecule has 21 heavy (non-hydrogen) atoms. The van der Waals surface area contributed by atoms with Crippen molar-refractivity contribution >= 4 is 45.9 Å². The third-order valence-corrected chi connectivity index (χ3v) is 4.81. The summed E-state index contributed by atoms with van der Waals surface area (Å²) in [6, 6.07) is 12.0. The van der Waals surface area contributed by atoms with Crippen molar-refractivity contribution in [1.82, 2.24) is 5.32 Å². The highest BCUT2D eigenvalue weighted by atomic mass is 32.2. The lowest BCUT2D eigenvalue weighted by Gasteiger charge is -1.96. The van der Waals surface area contributed by atoms with Crippen molar-refractivity contribution < 1.29 is 4.79 Å². The van der Waals surface area contributed by atoms with Gasteiger partial charge in [-0.15, -0.1) is 11.3 Å². The number of nitrogens with one attached hydrogen (secondary N) is 1. The Kier molecular flexibility index (Phi) is 3.94. The lowest BCUT2D eigenvalue weighted by molar-refractivity contribution is -0.115. The summed E-state index contributed by atoms with van der Waals surface area (Å²) in [6.07, 6.45) is 1.91. The number of carbonyl (C=O) groups is 1. The van der Waals surface area contributed by atoms with Crippen LogP contribution in [0, 0.1) is 13.8 Å². The van der Waals surface area contributed by atoms with E-state index in [1.54, 1.807) is 11.3 Å². The quantitative estimate of drug-likeness (QED) is 0.842. The fraction of sp³-hybridized carbons (Fsp3) is 0.125. The summed E-state index contributed by atoms with van der Waals surface area (Å²) in [6.45, 7) is 4.09. The van der Waals surface area contributed by atoms with Crippen LogP contribution >= 0.6 is 23.1 Å². The summed E-state index contributed by atoms with van der Waals surface area (Å²) >= 11 is 3.05. The largest absolute Gasteiger partial charge is 0.300 e. The second-order valence-corrected chi connectivity index (χ2v) is 7.12. The first-order valence-electron chi connectivity index (χ1n) is 6.53. The molecule has 0 spiro atoms. The van der Waals surface area contributed by atoms with Gasteiger partial charge in [0.15, 0.2) is 5.17 Å². The lowest BCUT2D eigenvalue weighted by Crippen LogP contribution is -2.19. The van der Waals surface area contributed by atoms with Crippen LogP contribution in [0.2, 0.25) is 0 Å². The van der Waals surface area contributed by atoms with Crippen molar-refractivity contribution in [2.75, 3.05) is 0 Å². The number of thioether (sulfide) groups is 1. The summed E-state index contributed by atoms with van der Waals surface area (Å²) in [7, 11) is 0. The molecule has 1 N–H and O–H groups in total. The topological polar surface area (TPSA) is 41.5 Å². The number of amidine groups is 1. The molecule has 0 saturated carbocycles. The Morgan fingerprint density at radius 2 is 1.86 bits per heavy atom. The number of rotatable bonds is 2. The molecule has 5 heteroatoms. The van der Waals surface area contributed by atoms with Crippen LogP contribution in [0.5, 0.6) is 0 Å². The lowest BCUT2D eigenvalue weighted by atomic mass is 10.2. The van der Waals surface area contributed by atoms with Gasteiger partial charge in [0.05, 0.1) is 10.6 Å². The predicted molar refractivity (Wildman–Crippen MR) is 91.0 cm³/mol. The second-order valence-electron chi connectivity index (χ2n) is 4.77. The van der Waals surface area contributed by atoms with Crippen LogP contribution in [0.25, 0.3) is 6.08 Å². The van der Waals surface area contributed by atoms with Crippen LogP contribution in [-0.2, 0) is 4.79 Å². The normalized spacial score (nSPS) is 18.5. The molecule has 0 unspecified atom stereocenters. The molecule has 106 valence electrons. The van der Waals surface area contributed by atoms with Crippen LogP contribution in [-0.4, -0.2) is 11.1 Å². The molecule has 1 fully saturated rings. The summed E-state index contributed by atoms with van der Waals surface area (Å²) in [4.78, 5) is 19.4. The second kappa shape index (κ2) is 5.87. The van der Waals surface area contributed by atoms with Gasteiger partial charge in [-0.1, -0.05) is 17.7 Å². The first kappa shape index (κ1) is 14.1. The van der Waals surface area contributed by atoms with Crippen LogP contribution < -0.4 is 5.32 Å². The summed E-state index contributed by atoms with van der Waals surface area (Å²) < 4.78 is 0. The Morgan fingerprint density at radius 3 is 2.52 bits per heavy atom. The number of hydrogen-bond acceptors (Lipinski definition) is 4. The zero-order valence-corrected chi connectivity index (χ0v) is 13.3. The number of amides is 1. The zero-order chi connectivity index (χ0) is 14.8. The van der Waals surface area contributed by atoms with Crippen molar-refractivity contribution in [2.24, 2.45) is 4.99 Å². The molecule has 0 bridgehead atoms. The molecule has 1 amide bonds. The number of aryl methyl sites for hydroxylation is 2. The molecule has 2 aromatic rings. The SMILES string of the molecule is Cc1ccc(N=C2NC(=O)C(=Cc3ccc(C)s3)S2)cc1. The molecule has 0 atom stereocenters. The highest BCUT2D eigenvalue weighted by molar-refractivity contribution is 8.18. The number of benzene rings is 1. The third-order valence-electron chi connectivity index (χ3n) is 2.95. The minimum atomic E-state index is -0.0862. The molecule has 3 rings (SSSR count). The molecule has 1 aliphatic rings. The van der Waals surface area contributed by atoms with E-state index in [0.717, 1.165) is 10.6 Å². The van der Waals surface area contributed by atoms with Gasteiger partial charge in [0.2, 0.25) is 0 Å². The molecule has 2 heterocycles. The van der Waals surface area contributed by atoms with Gasteiger partial charge in [-0.3, -0.25) is 4.79 Å². The molecule has 0 aliphatic carbocycles. The van der Waals surface area contributed by atoms with Gasteiger partial charge in [0.25, 0.3) is 5.91 Å². The average Bonchev–Trinajstić information content (AvgIpc) is 3.00. The predicted octanol–water partition coefficient (Wildman–Crippen LogP) is 4.26. The molecular weight excluding hydrogens is 300 g/mol. The summed E-state index contributed by atoms with van der Waals surface area (Å²) in [5, 5.41) is 3.43. The van der Waals surface area contributed by atoms with E-state index >= 15 is 0 Å². The van der Waals surface area contributed by atoms with Gasteiger partial charge in [-0.25, -0.2) is 4.99 Å². The fourth-order valence-corrected chi connectivity index (χ4v) is 3.61. The van der Waals surface area contributed by atoms with Gasteiger partial charge in [0.1, 0.15) is 0 Å². The van der Waals surface area contributed by atoms with E-state index in [4.69, 9.17) is 0 Å². The van der Waals surface area contributed by atoms with Crippen molar-refractivity contribution in [3.05, 3.63) is 56.6 Å². The molecule has 1 aromatic heterocycles. The first-order chi connectivity index (χ1) is 10.1. The van der Waals surface area contributed by atoms with Crippen molar-refractivity contribution in [3.63, 3.8) is 0 Å². The van der Waals surface area contributed by atoms with Gasteiger partial charge in [0, 0.05) is 9.75 Å². The number of nitrogens with zero attached hydrogens (tertiary/aromatic N) is 1. The molecule has 3 nitrogen and oxygen atoms in total. The molecule has 1 aliphatic heterocycles. The highest BCUT2D eigenvalue weighted by Crippen LogP contribution is 2.29. The number of carbonyl (C=O) groups excluding carboxylic acids is 1.